The Bertz CT molecular complexity index is 876. The monoisotopic (exact) mass is 410 g/mol. The van der Waals surface area contributed by atoms with E-state index in [1.165, 1.54) is 0 Å². The smallest absolute Gasteiger partial charge is 0.242 e. The van der Waals surface area contributed by atoms with Crippen molar-refractivity contribution >= 4 is 11.8 Å². The number of nitrogens with zero attached hydrogens (tertiary/aromatic N) is 1. The molecule has 0 saturated carbocycles. The van der Waals surface area contributed by atoms with Gasteiger partial charge in [-0.25, -0.2) is 0 Å². The molecule has 5 heteroatoms. The molecule has 2 rings (SSSR count). The molecule has 1 unspecified atom stereocenters. The number of methoxy groups -OCH3 is 1. The summed E-state index contributed by atoms with van der Waals surface area (Å²) in [6.07, 6.45) is 0.263. The van der Waals surface area contributed by atoms with E-state index in [1.807, 2.05) is 70.2 Å². The van der Waals surface area contributed by atoms with Crippen LogP contribution >= 0.6 is 0 Å². The maximum absolute atomic E-state index is 13.3. The molecule has 0 aliphatic carbocycles. The lowest BCUT2D eigenvalue weighted by Gasteiger charge is -2.29. The molecule has 2 aromatic rings. The molecule has 0 aromatic heterocycles. The molecule has 0 heterocycles. The minimum Gasteiger partial charge on any atom is -0.497 e. The molecule has 162 valence electrons. The Morgan fingerprint density at radius 3 is 2.47 bits per heavy atom. The van der Waals surface area contributed by atoms with E-state index in [0.717, 1.165) is 28.0 Å². The summed E-state index contributed by atoms with van der Waals surface area (Å²) in [5.74, 6) is 0.865. The zero-order valence-corrected chi connectivity index (χ0v) is 19.0. The molecule has 2 amide bonds. The van der Waals surface area contributed by atoms with Gasteiger partial charge in [-0.15, -0.1) is 0 Å². The first-order valence-electron chi connectivity index (χ1n) is 10.5. The van der Waals surface area contributed by atoms with Crippen molar-refractivity contribution in [2.45, 2.75) is 53.6 Å². The third-order valence-corrected chi connectivity index (χ3v) is 5.19. The normalized spacial score (nSPS) is 11.8. The van der Waals surface area contributed by atoms with Gasteiger partial charge in [-0.3, -0.25) is 9.59 Å². The second-order valence-corrected chi connectivity index (χ2v) is 8.29. The minimum absolute atomic E-state index is 0.0706. The topological polar surface area (TPSA) is 58.6 Å². The number of benzene rings is 2. The van der Waals surface area contributed by atoms with Crippen molar-refractivity contribution in [2.24, 2.45) is 5.92 Å². The molecule has 2 aromatic carbocycles. The van der Waals surface area contributed by atoms with Crippen molar-refractivity contribution in [2.75, 3.05) is 13.7 Å². The van der Waals surface area contributed by atoms with Crippen LogP contribution < -0.4 is 10.1 Å². The van der Waals surface area contributed by atoms with Gasteiger partial charge in [-0.1, -0.05) is 49.7 Å². The van der Waals surface area contributed by atoms with Gasteiger partial charge in [0.25, 0.3) is 0 Å². The fourth-order valence-electron chi connectivity index (χ4n) is 3.26. The molecular weight excluding hydrogens is 376 g/mol. The number of hydrogen-bond acceptors (Lipinski definition) is 3. The van der Waals surface area contributed by atoms with Crippen LogP contribution in [0.1, 0.15) is 43.0 Å². The van der Waals surface area contributed by atoms with Crippen molar-refractivity contribution in [1.82, 2.24) is 10.2 Å². The van der Waals surface area contributed by atoms with Crippen molar-refractivity contribution < 1.29 is 14.3 Å². The maximum Gasteiger partial charge on any atom is 0.242 e. The highest BCUT2D eigenvalue weighted by molar-refractivity contribution is 5.88. The fourth-order valence-corrected chi connectivity index (χ4v) is 3.26. The summed E-state index contributed by atoms with van der Waals surface area (Å²) >= 11 is 0. The quantitative estimate of drug-likeness (QED) is 0.679. The number of ether oxygens (including phenoxy) is 1. The summed E-state index contributed by atoms with van der Waals surface area (Å²) < 4.78 is 5.31. The van der Waals surface area contributed by atoms with E-state index in [0.29, 0.717) is 19.0 Å². The van der Waals surface area contributed by atoms with E-state index in [1.54, 1.807) is 18.9 Å². The van der Waals surface area contributed by atoms with Crippen LogP contribution in [0.15, 0.2) is 42.5 Å². The Balaban J connectivity index is 2.27. The molecule has 0 bridgehead atoms. The molecule has 0 spiro atoms. The molecule has 0 radical (unpaired) electrons. The van der Waals surface area contributed by atoms with Gasteiger partial charge >= 0.3 is 0 Å². The summed E-state index contributed by atoms with van der Waals surface area (Å²) in [6, 6.07) is 13.1. The van der Waals surface area contributed by atoms with Gasteiger partial charge in [0.1, 0.15) is 11.8 Å². The zero-order chi connectivity index (χ0) is 22.3. The number of nitrogens with one attached hydrogen (secondary N) is 1. The van der Waals surface area contributed by atoms with Crippen molar-refractivity contribution in [3.63, 3.8) is 0 Å². The molecule has 5 nitrogen and oxygen atoms in total. The van der Waals surface area contributed by atoms with E-state index < -0.39 is 6.04 Å². The third-order valence-electron chi connectivity index (χ3n) is 5.19. The number of rotatable bonds is 9. The predicted octanol–water partition coefficient (Wildman–Crippen LogP) is 4.04. The van der Waals surface area contributed by atoms with E-state index in [4.69, 9.17) is 4.74 Å². The highest BCUT2D eigenvalue weighted by Crippen LogP contribution is 2.18. The molecule has 1 atom stereocenters. The molecule has 1 N–H and O–H groups in total. The van der Waals surface area contributed by atoms with Gasteiger partial charge in [0.15, 0.2) is 0 Å². The molecule has 30 heavy (non-hydrogen) atoms. The number of amides is 2. The first-order chi connectivity index (χ1) is 14.2. The van der Waals surface area contributed by atoms with Gasteiger partial charge in [0.2, 0.25) is 11.8 Å². The summed E-state index contributed by atoms with van der Waals surface area (Å²) in [6.45, 7) is 10.8. The van der Waals surface area contributed by atoms with Crippen LogP contribution in [0, 0.1) is 19.8 Å². The second-order valence-electron chi connectivity index (χ2n) is 8.29. The lowest BCUT2D eigenvalue weighted by Crippen LogP contribution is -2.48. The van der Waals surface area contributed by atoms with E-state index in [2.05, 4.69) is 5.32 Å². The zero-order valence-electron chi connectivity index (χ0n) is 19.0. The Hall–Kier alpha value is -2.82. The van der Waals surface area contributed by atoms with Crippen LogP contribution in [0.3, 0.4) is 0 Å². The summed E-state index contributed by atoms with van der Waals surface area (Å²) in [7, 11) is 1.62. The largest absolute Gasteiger partial charge is 0.497 e. The Morgan fingerprint density at radius 2 is 1.80 bits per heavy atom. The number of carbonyl (C=O) groups excluding carboxylic acids is 2. The molecule has 0 aliphatic rings. The number of carbonyl (C=O) groups is 2. The van der Waals surface area contributed by atoms with Gasteiger partial charge in [-0.2, -0.15) is 0 Å². The van der Waals surface area contributed by atoms with Gasteiger partial charge < -0.3 is 15.0 Å². The Morgan fingerprint density at radius 1 is 1.07 bits per heavy atom. The van der Waals surface area contributed by atoms with Crippen LogP contribution in [0.5, 0.6) is 5.75 Å². The molecular formula is C25H34N2O3. The maximum atomic E-state index is 13.3. The first-order valence-corrected chi connectivity index (χ1v) is 10.5. The predicted molar refractivity (Wildman–Crippen MR) is 120 cm³/mol. The lowest BCUT2D eigenvalue weighted by molar-refractivity contribution is -0.140. The number of hydrogen-bond donors (Lipinski definition) is 1. The fraction of sp³-hybridized carbons (Fsp3) is 0.440. The molecule has 0 saturated heterocycles. The van der Waals surface area contributed by atoms with Gasteiger partial charge in [0.05, 0.1) is 13.5 Å². The van der Waals surface area contributed by atoms with E-state index in [9.17, 15) is 9.59 Å². The third kappa shape index (κ3) is 6.61. The van der Waals surface area contributed by atoms with Gasteiger partial charge in [0, 0.05) is 13.1 Å². The average molecular weight is 411 g/mol. The number of aryl methyl sites for hydroxylation is 2. The standard InChI is InChI=1S/C25H34N2O3/c1-17(2)15-26-25(29)20(5)27(16-21-8-7-9-23(13-21)30-6)24(28)14-22-12-18(3)10-11-19(22)4/h7-13,17,20H,14-16H2,1-6H3,(H,26,29). The summed E-state index contributed by atoms with van der Waals surface area (Å²) in [5, 5.41) is 2.95. The van der Waals surface area contributed by atoms with Crippen LogP contribution in [-0.2, 0) is 22.6 Å². The first kappa shape index (κ1) is 23.5. The minimum atomic E-state index is -0.576. The SMILES string of the molecule is COc1cccc(CN(C(=O)Cc2cc(C)ccc2C)C(C)C(=O)NCC(C)C)c1. The van der Waals surface area contributed by atoms with Crippen LogP contribution in [0.4, 0.5) is 0 Å². The van der Waals surface area contributed by atoms with Crippen molar-refractivity contribution in [3.8, 4) is 5.75 Å². The second kappa shape index (κ2) is 10.8. The van der Waals surface area contributed by atoms with Crippen molar-refractivity contribution in [3.05, 3.63) is 64.7 Å². The summed E-state index contributed by atoms with van der Waals surface area (Å²) in [5.41, 5.74) is 4.11. The van der Waals surface area contributed by atoms with Crippen LogP contribution in [0.2, 0.25) is 0 Å². The van der Waals surface area contributed by atoms with Crippen LogP contribution in [0.25, 0.3) is 0 Å². The van der Waals surface area contributed by atoms with E-state index >= 15 is 0 Å². The molecule has 0 aliphatic heterocycles. The lowest BCUT2D eigenvalue weighted by atomic mass is 10.0. The average Bonchev–Trinajstić information content (AvgIpc) is 2.72. The van der Waals surface area contributed by atoms with E-state index in [-0.39, 0.29) is 18.2 Å². The Kier molecular flexibility index (Phi) is 8.46. The summed E-state index contributed by atoms with van der Waals surface area (Å²) in [4.78, 5) is 27.7. The van der Waals surface area contributed by atoms with Crippen LogP contribution in [-0.4, -0.2) is 36.4 Å². The highest BCUT2D eigenvalue weighted by Gasteiger charge is 2.26. The Labute approximate surface area is 180 Å². The van der Waals surface area contributed by atoms with Crippen molar-refractivity contribution in [1.29, 1.82) is 0 Å². The van der Waals surface area contributed by atoms with Gasteiger partial charge in [-0.05, 0) is 55.5 Å². The molecule has 0 fully saturated rings. The highest BCUT2D eigenvalue weighted by atomic mass is 16.5.